The van der Waals surface area contributed by atoms with Crippen molar-refractivity contribution in [2.75, 3.05) is 25.9 Å². The Kier molecular flexibility index (Phi) is 3.27. The van der Waals surface area contributed by atoms with E-state index in [-0.39, 0.29) is 5.25 Å². The SMILES string of the molecule is CS(=O)(=O)[C@H]1CCCN(C[C@H]2C[C@H]3C=C[C@H]2C3)C1. The summed E-state index contributed by atoms with van der Waals surface area (Å²) in [6.45, 7) is 2.96. The summed E-state index contributed by atoms with van der Waals surface area (Å²) >= 11 is 0. The van der Waals surface area contributed by atoms with Gasteiger partial charge in [0.15, 0.2) is 9.84 Å². The second kappa shape index (κ2) is 4.64. The van der Waals surface area contributed by atoms with E-state index >= 15 is 0 Å². The van der Waals surface area contributed by atoms with Gasteiger partial charge in [-0.25, -0.2) is 8.42 Å². The molecule has 1 saturated carbocycles. The fourth-order valence-electron chi connectivity index (χ4n) is 3.96. The third-order valence-corrected chi connectivity index (χ3v) is 6.57. The molecular formula is C14H23NO2S. The van der Waals surface area contributed by atoms with Gasteiger partial charge in [-0.2, -0.15) is 0 Å². The number of allylic oxidation sites excluding steroid dienone is 2. The second-order valence-electron chi connectivity index (χ2n) is 6.39. The topological polar surface area (TPSA) is 37.4 Å². The number of piperidine rings is 1. The average molecular weight is 269 g/mol. The number of rotatable bonds is 3. The minimum absolute atomic E-state index is 0.125. The van der Waals surface area contributed by atoms with E-state index in [1.807, 2.05) is 0 Å². The zero-order valence-electron chi connectivity index (χ0n) is 11.1. The van der Waals surface area contributed by atoms with Crippen molar-refractivity contribution < 1.29 is 8.42 Å². The lowest BCUT2D eigenvalue weighted by Gasteiger charge is -2.34. The van der Waals surface area contributed by atoms with Crippen LogP contribution in [0.15, 0.2) is 12.2 Å². The Bertz CT molecular complexity index is 443. The van der Waals surface area contributed by atoms with Gasteiger partial charge in [0, 0.05) is 19.3 Å². The lowest BCUT2D eigenvalue weighted by atomic mass is 9.92. The van der Waals surface area contributed by atoms with Crippen LogP contribution < -0.4 is 0 Å². The van der Waals surface area contributed by atoms with Crippen molar-refractivity contribution in [2.45, 2.75) is 30.9 Å². The molecule has 0 aromatic carbocycles. The highest BCUT2D eigenvalue weighted by Gasteiger charge is 2.37. The minimum Gasteiger partial charge on any atom is -0.302 e. The molecule has 0 radical (unpaired) electrons. The smallest absolute Gasteiger partial charge is 0.151 e. The van der Waals surface area contributed by atoms with Crippen molar-refractivity contribution in [3.63, 3.8) is 0 Å². The molecule has 0 spiro atoms. The molecule has 0 aromatic rings. The van der Waals surface area contributed by atoms with Crippen molar-refractivity contribution in [2.24, 2.45) is 17.8 Å². The molecule has 0 N–H and O–H groups in total. The number of nitrogens with zero attached hydrogens (tertiary/aromatic N) is 1. The van der Waals surface area contributed by atoms with Gasteiger partial charge in [0.25, 0.3) is 0 Å². The zero-order valence-corrected chi connectivity index (χ0v) is 11.9. The van der Waals surface area contributed by atoms with Crippen LogP contribution in [0.5, 0.6) is 0 Å². The Labute approximate surface area is 110 Å². The Morgan fingerprint density at radius 1 is 1.28 bits per heavy atom. The molecule has 102 valence electrons. The molecule has 1 heterocycles. The van der Waals surface area contributed by atoms with Gasteiger partial charge in [-0.1, -0.05) is 12.2 Å². The quantitative estimate of drug-likeness (QED) is 0.732. The van der Waals surface area contributed by atoms with Crippen LogP contribution in [0.1, 0.15) is 25.7 Å². The fraction of sp³-hybridized carbons (Fsp3) is 0.857. The number of sulfone groups is 1. The van der Waals surface area contributed by atoms with Crippen molar-refractivity contribution in [1.82, 2.24) is 4.90 Å². The molecule has 3 rings (SSSR count). The molecule has 3 nitrogen and oxygen atoms in total. The number of fused-ring (bicyclic) bond motifs is 2. The number of hydrogen-bond acceptors (Lipinski definition) is 3. The van der Waals surface area contributed by atoms with E-state index < -0.39 is 9.84 Å². The molecule has 0 amide bonds. The van der Waals surface area contributed by atoms with Gasteiger partial charge in [-0.05, 0) is 50.0 Å². The largest absolute Gasteiger partial charge is 0.302 e. The van der Waals surface area contributed by atoms with Crippen molar-refractivity contribution >= 4 is 9.84 Å². The molecule has 0 unspecified atom stereocenters. The lowest BCUT2D eigenvalue weighted by molar-refractivity contribution is 0.185. The normalized spacial score (nSPS) is 40.5. The predicted octanol–water partition coefficient (Wildman–Crippen LogP) is 1.71. The Morgan fingerprint density at radius 2 is 2.11 bits per heavy atom. The second-order valence-corrected chi connectivity index (χ2v) is 8.72. The van der Waals surface area contributed by atoms with E-state index in [2.05, 4.69) is 17.1 Å². The first kappa shape index (κ1) is 12.7. The predicted molar refractivity (Wildman–Crippen MR) is 73.1 cm³/mol. The summed E-state index contributed by atoms with van der Waals surface area (Å²) in [4.78, 5) is 2.40. The van der Waals surface area contributed by atoms with Gasteiger partial charge < -0.3 is 4.90 Å². The standard InChI is InChI=1S/C14H23NO2S/c1-18(16,17)14-3-2-6-15(10-14)9-13-8-11-4-5-12(13)7-11/h4-5,11-14H,2-3,6-10H2,1H3/t11-,12-,13+,14-/m0/s1. The molecule has 1 saturated heterocycles. The summed E-state index contributed by atoms with van der Waals surface area (Å²) in [7, 11) is -2.86. The molecule has 2 aliphatic carbocycles. The third-order valence-electron chi connectivity index (χ3n) is 4.98. The monoisotopic (exact) mass is 269 g/mol. The first-order chi connectivity index (χ1) is 8.52. The molecule has 3 aliphatic rings. The van der Waals surface area contributed by atoms with Crippen LogP contribution in [0.2, 0.25) is 0 Å². The first-order valence-corrected chi connectivity index (χ1v) is 9.07. The van der Waals surface area contributed by atoms with E-state index in [0.717, 1.165) is 50.2 Å². The molecule has 2 fully saturated rings. The van der Waals surface area contributed by atoms with Crippen molar-refractivity contribution in [3.05, 3.63) is 12.2 Å². The zero-order chi connectivity index (χ0) is 12.8. The van der Waals surface area contributed by atoms with Crippen molar-refractivity contribution in [3.8, 4) is 0 Å². The maximum atomic E-state index is 11.7. The van der Waals surface area contributed by atoms with Crippen molar-refractivity contribution in [1.29, 1.82) is 0 Å². The van der Waals surface area contributed by atoms with Crippen LogP contribution in [-0.4, -0.2) is 44.5 Å². The third kappa shape index (κ3) is 2.50. The molecule has 2 bridgehead atoms. The molecular weight excluding hydrogens is 246 g/mol. The van der Waals surface area contributed by atoms with Crippen LogP contribution in [-0.2, 0) is 9.84 Å². The maximum absolute atomic E-state index is 11.7. The Morgan fingerprint density at radius 3 is 2.72 bits per heavy atom. The van der Waals surface area contributed by atoms with E-state index in [9.17, 15) is 8.42 Å². The van der Waals surface area contributed by atoms with E-state index in [0.29, 0.717) is 0 Å². The molecule has 4 atom stereocenters. The molecule has 1 aliphatic heterocycles. The Balaban J connectivity index is 1.59. The lowest BCUT2D eigenvalue weighted by Crippen LogP contribution is -2.44. The first-order valence-electron chi connectivity index (χ1n) is 7.12. The van der Waals surface area contributed by atoms with E-state index in [4.69, 9.17) is 0 Å². The van der Waals surface area contributed by atoms with Crippen LogP contribution >= 0.6 is 0 Å². The highest BCUT2D eigenvalue weighted by Crippen LogP contribution is 2.43. The molecule has 4 heteroatoms. The minimum atomic E-state index is -2.86. The van der Waals surface area contributed by atoms with Gasteiger partial charge in [-0.15, -0.1) is 0 Å². The van der Waals surface area contributed by atoms with E-state index in [1.165, 1.54) is 19.1 Å². The van der Waals surface area contributed by atoms with Crippen LogP contribution in [0.25, 0.3) is 0 Å². The fourth-order valence-corrected chi connectivity index (χ4v) is 5.04. The van der Waals surface area contributed by atoms with Gasteiger partial charge in [0.2, 0.25) is 0 Å². The number of hydrogen-bond donors (Lipinski definition) is 0. The summed E-state index contributed by atoms with van der Waals surface area (Å²) in [5, 5.41) is -0.125. The summed E-state index contributed by atoms with van der Waals surface area (Å²) in [6.07, 6.45) is 10.7. The highest BCUT2D eigenvalue weighted by atomic mass is 32.2. The van der Waals surface area contributed by atoms with Crippen LogP contribution in [0, 0.1) is 17.8 Å². The van der Waals surface area contributed by atoms with Crippen LogP contribution in [0.4, 0.5) is 0 Å². The Hall–Kier alpha value is -0.350. The summed E-state index contributed by atoms with van der Waals surface area (Å²) in [6, 6.07) is 0. The maximum Gasteiger partial charge on any atom is 0.151 e. The van der Waals surface area contributed by atoms with Gasteiger partial charge in [0.05, 0.1) is 5.25 Å². The van der Waals surface area contributed by atoms with Gasteiger partial charge in [-0.3, -0.25) is 0 Å². The van der Waals surface area contributed by atoms with Gasteiger partial charge >= 0.3 is 0 Å². The molecule has 0 aromatic heterocycles. The van der Waals surface area contributed by atoms with Crippen LogP contribution in [0.3, 0.4) is 0 Å². The summed E-state index contributed by atoms with van der Waals surface area (Å²) in [5.74, 6) is 2.36. The highest BCUT2D eigenvalue weighted by molar-refractivity contribution is 7.91. The number of likely N-dealkylation sites (tertiary alicyclic amines) is 1. The van der Waals surface area contributed by atoms with Gasteiger partial charge in [0.1, 0.15) is 0 Å². The summed E-state index contributed by atoms with van der Waals surface area (Å²) < 4.78 is 23.3. The summed E-state index contributed by atoms with van der Waals surface area (Å²) in [5.41, 5.74) is 0. The molecule has 18 heavy (non-hydrogen) atoms. The van der Waals surface area contributed by atoms with E-state index in [1.54, 1.807) is 0 Å². The average Bonchev–Trinajstić information content (AvgIpc) is 2.90.